The van der Waals surface area contributed by atoms with Crippen LogP contribution in [0.1, 0.15) is 20.8 Å². The SMILES string of the molecule is CC(C)COC(=O)C(C)NP(=O)(Oc1ccccc1)Oc1c(F)c(F)c(F)c(F)c1F. The first-order valence-electron chi connectivity index (χ1n) is 8.95. The van der Waals surface area contributed by atoms with Crippen molar-refractivity contribution >= 4 is 13.7 Å². The molecule has 2 aromatic carbocycles. The molecule has 0 radical (unpaired) electrons. The average molecular weight is 467 g/mol. The van der Waals surface area contributed by atoms with Gasteiger partial charge in [-0.2, -0.15) is 13.9 Å². The van der Waals surface area contributed by atoms with E-state index in [1.54, 1.807) is 19.9 Å². The van der Waals surface area contributed by atoms with Gasteiger partial charge in [0, 0.05) is 0 Å². The predicted molar refractivity (Wildman–Crippen MR) is 99.9 cm³/mol. The monoisotopic (exact) mass is 467 g/mol. The van der Waals surface area contributed by atoms with E-state index in [4.69, 9.17) is 9.26 Å². The number of benzene rings is 2. The van der Waals surface area contributed by atoms with E-state index in [-0.39, 0.29) is 18.3 Å². The molecule has 2 atom stereocenters. The van der Waals surface area contributed by atoms with Crippen molar-refractivity contribution in [2.75, 3.05) is 6.61 Å². The molecule has 31 heavy (non-hydrogen) atoms. The Labute approximate surface area is 174 Å². The topological polar surface area (TPSA) is 73.9 Å². The van der Waals surface area contributed by atoms with Gasteiger partial charge in [0.1, 0.15) is 11.8 Å². The summed E-state index contributed by atoms with van der Waals surface area (Å²) >= 11 is 0. The van der Waals surface area contributed by atoms with Crippen LogP contribution < -0.4 is 14.1 Å². The maximum Gasteiger partial charge on any atom is 0.513 e. The molecule has 12 heteroatoms. The third kappa shape index (κ3) is 6.18. The van der Waals surface area contributed by atoms with Gasteiger partial charge < -0.3 is 13.8 Å². The lowest BCUT2D eigenvalue weighted by atomic mass is 10.2. The summed E-state index contributed by atoms with van der Waals surface area (Å²) in [5.41, 5.74) is 0. The van der Waals surface area contributed by atoms with Gasteiger partial charge in [-0.1, -0.05) is 32.0 Å². The number of halogens is 5. The van der Waals surface area contributed by atoms with E-state index in [0.717, 1.165) is 0 Å². The molecule has 170 valence electrons. The fraction of sp³-hybridized carbons (Fsp3) is 0.316. The summed E-state index contributed by atoms with van der Waals surface area (Å²) in [5, 5.41) is 2.09. The molecule has 1 N–H and O–H groups in total. The first-order valence-corrected chi connectivity index (χ1v) is 10.5. The fourth-order valence-corrected chi connectivity index (χ4v) is 3.66. The molecule has 2 rings (SSSR count). The van der Waals surface area contributed by atoms with Crippen molar-refractivity contribution in [1.29, 1.82) is 0 Å². The minimum Gasteiger partial charge on any atom is -0.464 e. The summed E-state index contributed by atoms with van der Waals surface area (Å²) in [6.45, 7) is 4.74. The lowest BCUT2D eigenvalue weighted by Gasteiger charge is -2.23. The van der Waals surface area contributed by atoms with Gasteiger partial charge in [0.15, 0.2) is 0 Å². The summed E-state index contributed by atoms with van der Waals surface area (Å²) in [4.78, 5) is 12.1. The van der Waals surface area contributed by atoms with Crippen LogP contribution in [0.15, 0.2) is 30.3 Å². The van der Waals surface area contributed by atoms with E-state index in [1.807, 2.05) is 0 Å². The standard InChI is InChI=1S/C19H19F5NO5P/c1-10(2)9-28-19(26)11(3)25-31(27,29-12-7-5-4-6-8-12)30-18-16(23)14(21)13(20)15(22)17(18)24/h4-8,10-11H,9H2,1-3H3,(H,25,27). The first kappa shape index (κ1) is 24.6. The molecular formula is C19H19F5NO5P. The number of hydrogen-bond acceptors (Lipinski definition) is 5. The van der Waals surface area contributed by atoms with Gasteiger partial charge in [-0.05, 0) is 25.0 Å². The lowest BCUT2D eigenvalue weighted by Crippen LogP contribution is -2.36. The van der Waals surface area contributed by atoms with E-state index < -0.39 is 54.6 Å². The molecule has 0 fully saturated rings. The van der Waals surface area contributed by atoms with Crippen LogP contribution in [0, 0.1) is 35.0 Å². The van der Waals surface area contributed by atoms with Gasteiger partial charge >= 0.3 is 13.7 Å². The van der Waals surface area contributed by atoms with Gasteiger partial charge in [-0.25, -0.2) is 17.7 Å². The number of hydrogen-bond donors (Lipinski definition) is 1. The highest BCUT2D eigenvalue weighted by Gasteiger charge is 2.38. The Morgan fingerprint density at radius 3 is 1.94 bits per heavy atom. The zero-order valence-electron chi connectivity index (χ0n) is 16.6. The lowest BCUT2D eigenvalue weighted by molar-refractivity contribution is -0.146. The second kappa shape index (κ2) is 10.1. The summed E-state index contributed by atoms with van der Waals surface area (Å²) in [6, 6.07) is 5.67. The van der Waals surface area contributed by atoms with Crippen LogP contribution in [0.5, 0.6) is 11.5 Å². The van der Waals surface area contributed by atoms with Gasteiger partial charge in [-0.3, -0.25) is 4.79 Å². The van der Waals surface area contributed by atoms with Crippen LogP contribution in [0.25, 0.3) is 0 Å². The molecule has 0 aromatic heterocycles. The molecule has 0 aliphatic heterocycles. The van der Waals surface area contributed by atoms with Crippen LogP contribution in [0.2, 0.25) is 0 Å². The highest BCUT2D eigenvalue weighted by molar-refractivity contribution is 7.52. The van der Waals surface area contributed by atoms with E-state index in [9.17, 15) is 31.3 Å². The Morgan fingerprint density at radius 2 is 1.42 bits per heavy atom. The van der Waals surface area contributed by atoms with Crippen LogP contribution in [-0.2, 0) is 14.1 Å². The molecule has 0 aliphatic carbocycles. The Bertz CT molecular complexity index is 960. The van der Waals surface area contributed by atoms with Gasteiger partial charge in [0.05, 0.1) is 6.61 Å². The number of carbonyl (C=O) groups excluding carboxylic acids is 1. The second-order valence-electron chi connectivity index (χ2n) is 6.77. The zero-order chi connectivity index (χ0) is 23.3. The number of esters is 1. The van der Waals surface area contributed by atoms with Crippen LogP contribution in [-0.4, -0.2) is 18.6 Å². The summed E-state index contributed by atoms with van der Waals surface area (Å²) in [6.07, 6.45) is 0. The van der Waals surface area contributed by atoms with Crippen molar-refractivity contribution < 1.29 is 45.1 Å². The molecule has 0 heterocycles. The summed E-state index contributed by atoms with van der Waals surface area (Å²) < 4.78 is 96.3. The summed E-state index contributed by atoms with van der Waals surface area (Å²) in [5.74, 6) is -14.6. The Hall–Kier alpha value is -2.65. The van der Waals surface area contributed by atoms with E-state index in [0.29, 0.717) is 0 Å². The highest BCUT2D eigenvalue weighted by Crippen LogP contribution is 2.47. The maximum absolute atomic E-state index is 14.0. The van der Waals surface area contributed by atoms with Crippen molar-refractivity contribution in [1.82, 2.24) is 5.09 Å². The second-order valence-corrected chi connectivity index (χ2v) is 8.39. The van der Waals surface area contributed by atoms with E-state index >= 15 is 0 Å². The van der Waals surface area contributed by atoms with Crippen LogP contribution in [0.4, 0.5) is 22.0 Å². The summed E-state index contributed by atoms with van der Waals surface area (Å²) in [7, 11) is -4.92. The van der Waals surface area contributed by atoms with E-state index in [2.05, 4.69) is 9.61 Å². The maximum atomic E-state index is 14.0. The molecule has 2 unspecified atom stereocenters. The minimum atomic E-state index is -4.92. The van der Waals surface area contributed by atoms with Crippen molar-refractivity contribution in [3.05, 3.63) is 59.4 Å². The smallest absolute Gasteiger partial charge is 0.464 e. The van der Waals surface area contributed by atoms with Gasteiger partial charge in [0.25, 0.3) is 0 Å². The number of nitrogens with one attached hydrogen (secondary N) is 1. The molecular weight excluding hydrogens is 448 g/mol. The highest BCUT2D eigenvalue weighted by atomic mass is 31.2. The van der Waals surface area contributed by atoms with Crippen LogP contribution >= 0.6 is 7.75 Å². The Balaban J connectivity index is 2.40. The van der Waals surface area contributed by atoms with Gasteiger partial charge in [0.2, 0.25) is 34.8 Å². The third-order valence-corrected chi connectivity index (χ3v) is 5.19. The molecule has 0 amide bonds. The number of ether oxygens (including phenoxy) is 1. The Kier molecular flexibility index (Phi) is 8.02. The Morgan fingerprint density at radius 1 is 0.903 bits per heavy atom. The fourth-order valence-electron chi connectivity index (χ4n) is 2.14. The molecule has 0 saturated heterocycles. The van der Waals surface area contributed by atoms with Crippen molar-refractivity contribution in [3.8, 4) is 11.5 Å². The quantitative estimate of drug-likeness (QED) is 0.181. The third-order valence-electron chi connectivity index (χ3n) is 3.61. The minimum absolute atomic E-state index is 0.0202. The predicted octanol–water partition coefficient (Wildman–Crippen LogP) is 5.13. The molecule has 2 aromatic rings. The normalized spacial score (nSPS) is 14.1. The number of para-hydroxylation sites is 1. The molecule has 0 bridgehead atoms. The van der Waals surface area contributed by atoms with Gasteiger partial charge in [-0.15, -0.1) is 0 Å². The first-order chi connectivity index (χ1) is 14.4. The van der Waals surface area contributed by atoms with Crippen molar-refractivity contribution in [3.63, 3.8) is 0 Å². The average Bonchev–Trinajstić information content (AvgIpc) is 2.72. The van der Waals surface area contributed by atoms with Crippen molar-refractivity contribution in [2.24, 2.45) is 5.92 Å². The largest absolute Gasteiger partial charge is 0.513 e. The van der Waals surface area contributed by atoms with Crippen LogP contribution in [0.3, 0.4) is 0 Å². The van der Waals surface area contributed by atoms with Crippen molar-refractivity contribution in [2.45, 2.75) is 26.8 Å². The number of carbonyl (C=O) groups is 1. The zero-order valence-corrected chi connectivity index (χ0v) is 17.5. The number of rotatable bonds is 9. The molecule has 0 spiro atoms. The molecule has 6 nitrogen and oxygen atoms in total. The van der Waals surface area contributed by atoms with E-state index in [1.165, 1.54) is 31.2 Å². The molecule has 0 saturated carbocycles. The molecule has 0 aliphatic rings.